The van der Waals surface area contributed by atoms with Crippen molar-refractivity contribution in [2.45, 2.75) is 25.8 Å². The molecule has 1 aromatic rings. The largest absolute Gasteiger partial charge is 0.336 e. The average Bonchev–Trinajstić information content (AvgIpc) is 2.93. The predicted octanol–water partition coefficient (Wildman–Crippen LogP) is 2.43. The minimum Gasteiger partial charge on any atom is -0.336 e. The Hall–Kier alpha value is -1.62. The zero-order chi connectivity index (χ0) is 13.7. The van der Waals surface area contributed by atoms with Gasteiger partial charge in [-0.2, -0.15) is 0 Å². The van der Waals surface area contributed by atoms with Crippen LogP contribution >= 0.6 is 0 Å². The lowest BCUT2D eigenvalue weighted by atomic mass is 10.3. The predicted molar refractivity (Wildman–Crippen MR) is 73.7 cm³/mol. The molecule has 1 unspecified atom stereocenters. The monoisotopic (exact) mass is 265 g/mol. The van der Waals surface area contributed by atoms with E-state index in [1.165, 1.54) is 25.0 Å². The Morgan fingerprint density at radius 1 is 1.32 bits per heavy atom. The van der Waals surface area contributed by atoms with Crippen LogP contribution in [0.3, 0.4) is 0 Å². The van der Waals surface area contributed by atoms with E-state index in [9.17, 15) is 9.18 Å². The molecule has 0 spiro atoms. The number of rotatable bonds is 4. The summed E-state index contributed by atoms with van der Waals surface area (Å²) in [5, 5.41) is 5.52. The van der Waals surface area contributed by atoms with Crippen molar-refractivity contribution in [3.63, 3.8) is 0 Å². The van der Waals surface area contributed by atoms with Gasteiger partial charge >= 0.3 is 6.03 Å². The van der Waals surface area contributed by atoms with E-state index in [-0.39, 0.29) is 11.8 Å². The van der Waals surface area contributed by atoms with E-state index in [1.54, 1.807) is 12.1 Å². The van der Waals surface area contributed by atoms with Crippen molar-refractivity contribution in [3.8, 4) is 0 Å². The van der Waals surface area contributed by atoms with Crippen molar-refractivity contribution < 1.29 is 9.18 Å². The molecular weight excluding hydrogens is 245 g/mol. The second-order valence-corrected chi connectivity index (χ2v) is 4.93. The number of benzene rings is 1. The molecule has 0 aromatic heterocycles. The molecule has 2 N–H and O–H groups in total. The molecule has 0 radical (unpaired) electrons. The van der Waals surface area contributed by atoms with Gasteiger partial charge in [0.1, 0.15) is 5.82 Å². The topological polar surface area (TPSA) is 44.4 Å². The number of amides is 2. The summed E-state index contributed by atoms with van der Waals surface area (Å²) >= 11 is 0. The molecule has 2 amide bonds. The Labute approximate surface area is 113 Å². The molecule has 5 heteroatoms. The standard InChI is InChI=1S/C14H20FN3O/c1-11(18-8-2-3-9-18)10-16-14(19)17-13-6-4-12(15)5-7-13/h4-7,11H,2-3,8-10H2,1H3,(H2,16,17,19). The molecule has 1 atom stereocenters. The van der Waals surface area contributed by atoms with Crippen LogP contribution in [0.2, 0.25) is 0 Å². The molecule has 0 saturated carbocycles. The maximum Gasteiger partial charge on any atom is 0.319 e. The average molecular weight is 265 g/mol. The molecule has 2 rings (SSSR count). The smallest absolute Gasteiger partial charge is 0.319 e. The van der Waals surface area contributed by atoms with Crippen LogP contribution in [-0.2, 0) is 0 Å². The van der Waals surface area contributed by atoms with E-state index in [0.29, 0.717) is 18.3 Å². The Morgan fingerprint density at radius 2 is 1.95 bits per heavy atom. The Kier molecular flexibility index (Phi) is 4.74. The normalized spacial score (nSPS) is 17.2. The van der Waals surface area contributed by atoms with Crippen molar-refractivity contribution in [2.24, 2.45) is 0 Å². The van der Waals surface area contributed by atoms with Gasteiger partial charge in [0.15, 0.2) is 0 Å². The molecule has 1 aliphatic rings. The molecule has 1 fully saturated rings. The molecule has 4 nitrogen and oxygen atoms in total. The maximum absolute atomic E-state index is 12.7. The summed E-state index contributed by atoms with van der Waals surface area (Å²) < 4.78 is 12.7. The fraction of sp³-hybridized carbons (Fsp3) is 0.500. The fourth-order valence-electron chi connectivity index (χ4n) is 2.26. The first kappa shape index (κ1) is 13.8. The van der Waals surface area contributed by atoms with E-state index in [2.05, 4.69) is 22.5 Å². The van der Waals surface area contributed by atoms with Gasteiger partial charge < -0.3 is 10.6 Å². The lowest BCUT2D eigenvalue weighted by molar-refractivity contribution is 0.234. The van der Waals surface area contributed by atoms with Crippen LogP contribution < -0.4 is 10.6 Å². The first-order chi connectivity index (χ1) is 9.15. The summed E-state index contributed by atoms with van der Waals surface area (Å²) in [5.74, 6) is -0.311. The van der Waals surface area contributed by atoms with Crippen LogP contribution in [0.4, 0.5) is 14.9 Å². The van der Waals surface area contributed by atoms with E-state index in [1.807, 2.05) is 0 Å². The Balaban J connectivity index is 1.73. The van der Waals surface area contributed by atoms with Crippen molar-refractivity contribution in [3.05, 3.63) is 30.1 Å². The molecule has 19 heavy (non-hydrogen) atoms. The van der Waals surface area contributed by atoms with Gasteiger partial charge in [0, 0.05) is 18.3 Å². The zero-order valence-corrected chi connectivity index (χ0v) is 11.2. The van der Waals surface area contributed by atoms with Crippen LogP contribution in [0, 0.1) is 5.82 Å². The highest BCUT2D eigenvalue weighted by Crippen LogP contribution is 2.11. The highest BCUT2D eigenvalue weighted by atomic mass is 19.1. The number of nitrogens with zero attached hydrogens (tertiary/aromatic N) is 1. The van der Waals surface area contributed by atoms with Gasteiger partial charge in [0.25, 0.3) is 0 Å². The number of nitrogens with one attached hydrogen (secondary N) is 2. The van der Waals surface area contributed by atoms with Crippen LogP contribution in [0.25, 0.3) is 0 Å². The molecular formula is C14H20FN3O. The molecule has 1 saturated heterocycles. The molecule has 104 valence electrons. The van der Waals surface area contributed by atoms with Gasteiger partial charge in [0.2, 0.25) is 0 Å². The summed E-state index contributed by atoms with van der Waals surface area (Å²) in [6, 6.07) is 5.82. The van der Waals surface area contributed by atoms with Gasteiger partial charge in [-0.25, -0.2) is 9.18 Å². The van der Waals surface area contributed by atoms with Gasteiger partial charge in [-0.05, 0) is 57.1 Å². The van der Waals surface area contributed by atoms with Crippen molar-refractivity contribution >= 4 is 11.7 Å². The first-order valence-corrected chi connectivity index (χ1v) is 6.69. The van der Waals surface area contributed by atoms with Crippen LogP contribution in [0.1, 0.15) is 19.8 Å². The molecule has 1 aliphatic heterocycles. The quantitative estimate of drug-likeness (QED) is 0.878. The van der Waals surface area contributed by atoms with Crippen LogP contribution in [0.15, 0.2) is 24.3 Å². The number of carbonyl (C=O) groups is 1. The van der Waals surface area contributed by atoms with Gasteiger partial charge in [-0.3, -0.25) is 4.90 Å². The van der Waals surface area contributed by atoms with Crippen molar-refractivity contribution in [1.29, 1.82) is 0 Å². The van der Waals surface area contributed by atoms with Gasteiger partial charge in [-0.1, -0.05) is 0 Å². The van der Waals surface area contributed by atoms with Crippen molar-refractivity contribution in [1.82, 2.24) is 10.2 Å². The Morgan fingerprint density at radius 3 is 2.58 bits per heavy atom. The number of likely N-dealkylation sites (tertiary alicyclic amines) is 1. The second kappa shape index (κ2) is 6.52. The third kappa shape index (κ3) is 4.21. The number of hydrogen-bond acceptors (Lipinski definition) is 2. The number of anilines is 1. The third-order valence-electron chi connectivity index (χ3n) is 3.42. The number of carbonyl (C=O) groups excluding carboxylic acids is 1. The summed E-state index contributed by atoms with van der Waals surface area (Å²) in [7, 11) is 0. The number of urea groups is 1. The SMILES string of the molecule is CC(CNC(=O)Nc1ccc(F)cc1)N1CCCC1. The second-order valence-electron chi connectivity index (χ2n) is 4.93. The number of hydrogen-bond donors (Lipinski definition) is 2. The zero-order valence-electron chi connectivity index (χ0n) is 11.2. The highest BCUT2D eigenvalue weighted by molar-refractivity contribution is 5.89. The summed E-state index contributed by atoms with van der Waals surface area (Å²) in [6.07, 6.45) is 2.48. The molecule has 0 aliphatic carbocycles. The molecule has 1 aromatic carbocycles. The van der Waals surface area contributed by atoms with Gasteiger partial charge in [0.05, 0.1) is 0 Å². The number of halogens is 1. The van der Waals surface area contributed by atoms with E-state index in [0.717, 1.165) is 13.1 Å². The van der Waals surface area contributed by atoms with E-state index >= 15 is 0 Å². The van der Waals surface area contributed by atoms with Crippen LogP contribution in [0.5, 0.6) is 0 Å². The van der Waals surface area contributed by atoms with Crippen LogP contribution in [-0.4, -0.2) is 36.6 Å². The summed E-state index contributed by atoms with van der Waals surface area (Å²) in [6.45, 7) is 4.96. The maximum atomic E-state index is 12.7. The minimum atomic E-state index is -0.311. The third-order valence-corrected chi connectivity index (χ3v) is 3.42. The molecule has 1 heterocycles. The minimum absolute atomic E-state index is 0.252. The lowest BCUT2D eigenvalue weighted by Gasteiger charge is -2.23. The van der Waals surface area contributed by atoms with Gasteiger partial charge in [-0.15, -0.1) is 0 Å². The van der Waals surface area contributed by atoms with Crippen molar-refractivity contribution in [2.75, 3.05) is 25.0 Å². The molecule has 0 bridgehead atoms. The lowest BCUT2D eigenvalue weighted by Crippen LogP contribution is -2.42. The first-order valence-electron chi connectivity index (χ1n) is 6.69. The fourth-order valence-corrected chi connectivity index (χ4v) is 2.26. The Bertz CT molecular complexity index is 415. The summed E-state index contributed by atoms with van der Waals surface area (Å²) in [5.41, 5.74) is 0.590. The highest BCUT2D eigenvalue weighted by Gasteiger charge is 2.18. The van der Waals surface area contributed by atoms with E-state index < -0.39 is 0 Å². The summed E-state index contributed by atoms with van der Waals surface area (Å²) in [4.78, 5) is 14.1. The van der Waals surface area contributed by atoms with E-state index in [4.69, 9.17) is 0 Å².